The molecule has 31 heavy (non-hydrogen) atoms. The molecular weight excluding hydrogens is 395 g/mol. The first-order valence-corrected chi connectivity index (χ1v) is 10.3. The fourth-order valence-electron chi connectivity index (χ4n) is 4.31. The average molecular weight is 418 g/mol. The minimum Gasteiger partial charge on any atom is -0.377 e. The lowest BCUT2D eigenvalue weighted by Crippen LogP contribution is -2.36. The maximum Gasteiger partial charge on any atom is 0.252 e. The zero-order valence-electron chi connectivity index (χ0n) is 17.1. The van der Waals surface area contributed by atoms with Crippen molar-refractivity contribution < 1.29 is 9.18 Å². The van der Waals surface area contributed by atoms with Crippen LogP contribution in [0.3, 0.4) is 0 Å². The molecule has 0 bridgehead atoms. The van der Waals surface area contributed by atoms with Gasteiger partial charge in [0, 0.05) is 24.2 Å². The number of carbonyl (C=O) groups excluding carboxylic acids is 1. The SMILES string of the molecule is C[C@]1(F)CCC[C@H]1Nc1c(C(N)=O)cnn2cc(-c3ccc(-n4cccn4)cc3)cc12. The standard InChI is InChI=1S/C23H23FN6O/c1-23(24)9-2-4-20(23)28-21-18(22(25)31)13-27-30-14-16(12-19(21)30)15-5-7-17(8-6-15)29-11-3-10-26-29/h3,5-8,10-14,20,28H,2,4,9H2,1H3,(H2,25,31)/t20-,23+/m1/s1. The second kappa shape index (κ2) is 7.23. The van der Waals surface area contributed by atoms with E-state index in [4.69, 9.17) is 5.73 Å². The number of benzene rings is 1. The van der Waals surface area contributed by atoms with Crippen molar-refractivity contribution in [2.45, 2.75) is 37.9 Å². The lowest BCUT2D eigenvalue weighted by Gasteiger charge is -2.26. The van der Waals surface area contributed by atoms with Crippen molar-refractivity contribution in [3.63, 3.8) is 0 Å². The Labute approximate surface area is 178 Å². The average Bonchev–Trinajstić information content (AvgIpc) is 3.48. The minimum atomic E-state index is -1.34. The Morgan fingerprint density at radius 2 is 2.06 bits per heavy atom. The first kappa shape index (κ1) is 19.3. The number of alkyl halides is 1. The quantitative estimate of drug-likeness (QED) is 0.513. The van der Waals surface area contributed by atoms with Gasteiger partial charge in [0.15, 0.2) is 0 Å². The number of amides is 1. The van der Waals surface area contributed by atoms with Crippen molar-refractivity contribution in [3.05, 3.63) is 66.7 Å². The van der Waals surface area contributed by atoms with Crippen LogP contribution in [0.4, 0.5) is 10.1 Å². The van der Waals surface area contributed by atoms with Crippen LogP contribution in [0.1, 0.15) is 36.5 Å². The molecule has 1 aromatic carbocycles. The molecule has 0 spiro atoms. The molecule has 0 aliphatic heterocycles. The Morgan fingerprint density at radius 3 is 2.71 bits per heavy atom. The molecule has 3 heterocycles. The van der Waals surface area contributed by atoms with Crippen molar-refractivity contribution >= 4 is 17.1 Å². The zero-order valence-corrected chi connectivity index (χ0v) is 17.1. The third kappa shape index (κ3) is 3.43. The third-order valence-electron chi connectivity index (χ3n) is 6.08. The molecule has 3 aromatic heterocycles. The summed E-state index contributed by atoms with van der Waals surface area (Å²) < 4.78 is 18.4. The molecule has 1 saturated carbocycles. The summed E-state index contributed by atoms with van der Waals surface area (Å²) in [4.78, 5) is 12.1. The molecule has 8 heteroatoms. The Hall–Kier alpha value is -3.68. The largest absolute Gasteiger partial charge is 0.377 e. The fraction of sp³-hybridized carbons (Fsp3) is 0.261. The summed E-state index contributed by atoms with van der Waals surface area (Å²) in [6.45, 7) is 1.60. The number of rotatable bonds is 5. The van der Waals surface area contributed by atoms with E-state index in [1.807, 2.05) is 48.8 Å². The summed E-state index contributed by atoms with van der Waals surface area (Å²) in [5.74, 6) is -0.595. The summed E-state index contributed by atoms with van der Waals surface area (Å²) in [7, 11) is 0. The Balaban J connectivity index is 1.55. The summed E-state index contributed by atoms with van der Waals surface area (Å²) in [5.41, 5.74) is 8.60. The Morgan fingerprint density at radius 1 is 1.26 bits per heavy atom. The molecule has 1 aliphatic rings. The molecular formula is C23H23FN6O. The highest BCUT2D eigenvalue weighted by Gasteiger charge is 2.39. The van der Waals surface area contributed by atoms with Gasteiger partial charge >= 0.3 is 0 Å². The molecule has 2 atom stereocenters. The first-order chi connectivity index (χ1) is 14.9. The number of carbonyl (C=O) groups is 1. The van der Waals surface area contributed by atoms with E-state index in [-0.39, 0.29) is 11.6 Å². The van der Waals surface area contributed by atoms with Crippen LogP contribution in [-0.4, -0.2) is 37.0 Å². The van der Waals surface area contributed by atoms with Crippen LogP contribution in [0.5, 0.6) is 0 Å². The van der Waals surface area contributed by atoms with E-state index in [1.54, 1.807) is 22.3 Å². The molecule has 7 nitrogen and oxygen atoms in total. The van der Waals surface area contributed by atoms with E-state index in [2.05, 4.69) is 15.5 Å². The van der Waals surface area contributed by atoms with Crippen molar-refractivity contribution in [2.75, 3.05) is 5.32 Å². The number of anilines is 1. The highest BCUT2D eigenvalue weighted by molar-refractivity contribution is 6.02. The van der Waals surface area contributed by atoms with E-state index in [1.165, 1.54) is 6.20 Å². The van der Waals surface area contributed by atoms with Crippen LogP contribution in [0, 0.1) is 0 Å². The molecule has 4 aromatic rings. The number of nitrogens with zero attached hydrogens (tertiary/aromatic N) is 4. The lowest BCUT2D eigenvalue weighted by atomic mass is 10.0. The summed E-state index contributed by atoms with van der Waals surface area (Å²) >= 11 is 0. The topological polar surface area (TPSA) is 90.2 Å². The number of nitrogens with one attached hydrogen (secondary N) is 1. The Bertz CT molecular complexity index is 1240. The highest BCUT2D eigenvalue weighted by Crippen LogP contribution is 2.37. The first-order valence-electron chi connectivity index (χ1n) is 10.3. The van der Waals surface area contributed by atoms with E-state index in [9.17, 15) is 9.18 Å². The van der Waals surface area contributed by atoms with Gasteiger partial charge in [0.2, 0.25) is 0 Å². The molecule has 0 radical (unpaired) electrons. The predicted octanol–water partition coefficient (Wildman–Crippen LogP) is 3.98. The van der Waals surface area contributed by atoms with Gasteiger partial charge in [-0.3, -0.25) is 4.79 Å². The van der Waals surface area contributed by atoms with E-state index < -0.39 is 11.6 Å². The van der Waals surface area contributed by atoms with Crippen molar-refractivity contribution in [1.82, 2.24) is 19.4 Å². The monoisotopic (exact) mass is 418 g/mol. The molecule has 158 valence electrons. The van der Waals surface area contributed by atoms with Gasteiger partial charge in [-0.15, -0.1) is 0 Å². The van der Waals surface area contributed by atoms with Gasteiger partial charge in [-0.2, -0.15) is 10.2 Å². The number of halogens is 1. The van der Waals surface area contributed by atoms with Crippen LogP contribution < -0.4 is 11.1 Å². The molecule has 1 aliphatic carbocycles. The van der Waals surface area contributed by atoms with Gasteiger partial charge in [-0.05, 0) is 56.0 Å². The minimum absolute atomic E-state index is 0.258. The van der Waals surface area contributed by atoms with Gasteiger partial charge in [0.1, 0.15) is 5.67 Å². The van der Waals surface area contributed by atoms with E-state index >= 15 is 0 Å². The van der Waals surface area contributed by atoms with Crippen LogP contribution in [-0.2, 0) is 0 Å². The van der Waals surface area contributed by atoms with Gasteiger partial charge in [0.25, 0.3) is 5.91 Å². The van der Waals surface area contributed by atoms with Crippen molar-refractivity contribution in [3.8, 4) is 16.8 Å². The molecule has 1 fully saturated rings. The van der Waals surface area contributed by atoms with Crippen molar-refractivity contribution in [1.29, 1.82) is 0 Å². The second-order valence-corrected chi connectivity index (χ2v) is 8.22. The number of hydrogen-bond donors (Lipinski definition) is 2. The van der Waals surface area contributed by atoms with E-state index in [0.717, 1.165) is 23.2 Å². The van der Waals surface area contributed by atoms with Gasteiger partial charge in [0.05, 0.1) is 34.7 Å². The zero-order chi connectivity index (χ0) is 21.6. The van der Waals surface area contributed by atoms with Gasteiger partial charge in [-0.25, -0.2) is 13.6 Å². The maximum absolute atomic E-state index is 14.9. The maximum atomic E-state index is 14.9. The normalized spacial score (nSPS) is 20.9. The van der Waals surface area contributed by atoms with E-state index in [0.29, 0.717) is 24.0 Å². The van der Waals surface area contributed by atoms with Crippen molar-refractivity contribution in [2.24, 2.45) is 5.73 Å². The second-order valence-electron chi connectivity index (χ2n) is 8.22. The summed E-state index contributed by atoms with van der Waals surface area (Å²) in [6.07, 6.45) is 8.93. The molecule has 0 saturated heterocycles. The smallest absolute Gasteiger partial charge is 0.252 e. The molecule has 1 amide bonds. The lowest BCUT2D eigenvalue weighted by molar-refractivity contribution is 0.1000. The number of fused-ring (bicyclic) bond motifs is 1. The fourth-order valence-corrected chi connectivity index (χ4v) is 4.31. The summed E-state index contributed by atoms with van der Waals surface area (Å²) in [5, 5.41) is 11.9. The number of nitrogens with two attached hydrogens (primary N) is 1. The predicted molar refractivity (Wildman–Crippen MR) is 117 cm³/mol. The molecule has 0 unspecified atom stereocenters. The van der Waals surface area contributed by atoms with Crippen LogP contribution in [0.2, 0.25) is 0 Å². The number of aromatic nitrogens is 4. The van der Waals surface area contributed by atoms with Crippen LogP contribution >= 0.6 is 0 Å². The molecule has 3 N–H and O–H groups in total. The number of primary amides is 1. The highest BCUT2D eigenvalue weighted by atomic mass is 19.1. The Kier molecular flexibility index (Phi) is 4.50. The molecule has 5 rings (SSSR count). The van der Waals surface area contributed by atoms with Gasteiger partial charge in [-0.1, -0.05) is 12.1 Å². The third-order valence-corrected chi connectivity index (χ3v) is 6.08. The van der Waals surface area contributed by atoms with Crippen LogP contribution in [0.25, 0.3) is 22.3 Å². The summed E-state index contributed by atoms with van der Waals surface area (Å²) in [6, 6.07) is 11.4. The number of hydrogen-bond acceptors (Lipinski definition) is 4. The van der Waals surface area contributed by atoms with Crippen LogP contribution in [0.15, 0.2) is 61.2 Å². The van der Waals surface area contributed by atoms with Gasteiger partial charge < -0.3 is 11.1 Å².